The molecule has 7 nitrogen and oxygen atoms in total. The number of aromatic nitrogens is 3. The summed E-state index contributed by atoms with van der Waals surface area (Å²) < 4.78 is 5.27. The summed E-state index contributed by atoms with van der Waals surface area (Å²) in [6.45, 7) is 0.413. The summed E-state index contributed by atoms with van der Waals surface area (Å²) in [5.41, 5.74) is 1.63. The zero-order chi connectivity index (χ0) is 17.5. The largest absolute Gasteiger partial charge is 0.496 e. The Labute approximate surface area is 149 Å². The van der Waals surface area contributed by atoms with Crippen molar-refractivity contribution in [2.24, 2.45) is 0 Å². The van der Waals surface area contributed by atoms with E-state index in [-0.39, 0.29) is 12.3 Å². The highest BCUT2D eigenvalue weighted by atomic mass is 32.1. The number of rotatable bonds is 7. The third kappa shape index (κ3) is 4.74. The first kappa shape index (κ1) is 16.8. The predicted octanol–water partition coefficient (Wildman–Crippen LogP) is 2.54. The number of carbonyl (C=O) groups excluding carboxylic acids is 1. The number of carbonyl (C=O) groups is 1. The molecule has 0 aliphatic carbocycles. The molecular formula is C17H17N5O2S. The van der Waals surface area contributed by atoms with Crippen molar-refractivity contribution >= 4 is 28.3 Å². The van der Waals surface area contributed by atoms with E-state index in [1.54, 1.807) is 25.6 Å². The minimum atomic E-state index is -0.0984. The lowest BCUT2D eigenvalue weighted by Gasteiger charge is -2.09. The first-order valence-electron chi connectivity index (χ1n) is 7.61. The number of hydrogen-bond donors (Lipinski definition) is 2. The molecule has 0 unspecified atom stereocenters. The van der Waals surface area contributed by atoms with Gasteiger partial charge in [0.2, 0.25) is 11.9 Å². The average Bonchev–Trinajstić information content (AvgIpc) is 3.07. The molecule has 1 amide bonds. The fourth-order valence-electron chi connectivity index (χ4n) is 2.17. The SMILES string of the molecule is COc1ccccc1CNC(=O)Cc1csc(Nc2ncccn2)n1. The quantitative estimate of drug-likeness (QED) is 0.677. The Morgan fingerprint density at radius 1 is 1.20 bits per heavy atom. The average molecular weight is 355 g/mol. The molecule has 1 aromatic carbocycles. The fourth-order valence-corrected chi connectivity index (χ4v) is 2.88. The maximum Gasteiger partial charge on any atom is 0.228 e. The zero-order valence-electron chi connectivity index (χ0n) is 13.6. The van der Waals surface area contributed by atoms with Gasteiger partial charge in [-0.05, 0) is 12.1 Å². The smallest absolute Gasteiger partial charge is 0.228 e. The summed E-state index contributed by atoms with van der Waals surface area (Å²) in [4.78, 5) is 24.7. The van der Waals surface area contributed by atoms with Crippen LogP contribution in [-0.4, -0.2) is 28.0 Å². The Hall–Kier alpha value is -3.00. The van der Waals surface area contributed by atoms with E-state index in [9.17, 15) is 4.79 Å². The van der Waals surface area contributed by atoms with Gasteiger partial charge in [0.15, 0.2) is 5.13 Å². The summed E-state index contributed by atoms with van der Waals surface area (Å²) in [6.07, 6.45) is 3.51. The Morgan fingerprint density at radius 3 is 2.80 bits per heavy atom. The number of thiazole rings is 1. The lowest BCUT2D eigenvalue weighted by molar-refractivity contribution is -0.120. The number of benzene rings is 1. The van der Waals surface area contributed by atoms with Crippen molar-refractivity contribution in [3.63, 3.8) is 0 Å². The van der Waals surface area contributed by atoms with Crippen LogP contribution in [0.5, 0.6) is 5.75 Å². The summed E-state index contributed by atoms with van der Waals surface area (Å²) in [7, 11) is 1.61. The molecule has 0 saturated heterocycles. The van der Waals surface area contributed by atoms with Crippen LogP contribution in [-0.2, 0) is 17.8 Å². The molecule has 0 aliphatic heterocycles. The van der Waals surface area contributed by atoms with Gasteiger partial charge >= 0.3 is 0 Å². The second kappa shape index (κ2) is 8.20. The lowest BCUT2D eigenvalue weighted by atomic mass is 10.2. The summed E-state index contributed by atoms with van der Waals surface area (Å²) in [5, 5.41) is 8.38. The standard InChI is InChI=1S/C17H17N5O2S/c1-24-14-6-3-2-5-12(14)10-20-15(23)9-13-11-25-17(21-13)22-16-18-7-4-8-19-16/h2-8,11H,9-10H2,1H3,(H,20,23)(H,18,19,21,22). The van der Waals surface area contributed by atoms with Crippen LogP contribution < -0.4 is 15.4 Å². The fraction of sp³-hybridized carbons (Fsp3) is 0.176. The number of nitrogens with zero attached hydrogens (tertiary/aromatic N) is 3. The van der Waals surface area contributed by atoms with E-state index in [1.807, 2.05) is 29.6 Å². The lowest BCUT2D eigenvalue weighted by Crippen LogP contribution is -2.24. The Kier molecular flexibility index (Phi) is 5.53. The Balaban J connectivity index is 1.53. The Bertz CT molecular complexity index is 838. The molecule has 0 saturated carbocycles. The minimum absolute atomic E-state index is 0.0984. The first-order chi connectivity index (χ1) is 12.2. The van der Waals surface area contributed by atoms with Gasteiger partial charge in [0, 0.05) is 29.9 Å². The van der Waals surface area contributed by atoms with Gasteiger partial charge in [-0.2, -0.15) is 0 Å². The first-order valence-corrected chi connectivity index (χ1v) is 8.49. The maximum atomic E-state index is 12.1. The van der Waals surface area contributed by atoms with Crippen LogP contribution >= 0.6 is 11.3 Å². The van der Waals surface area contributed by atoms with E-state index in [0.29, 0.717) is 23.3 Å². The van der Waals surface area contributed by atoms with Gasteiger partial charge in [-0.1, -0.05) is 18.2 Å². The molecule has 3 aromatic rings. The molecule has 0 bridgehead atoms. The van der Waals surface area contributed by atoms with E-state index < -0.39 is 0 Å². The highest BCUT2D eigenvalue weighted by molar-refractivity contribution is 7.13. The molecule has 2 N–H and O–H groups in total. The molecule has 0 spiro atoms. The van der Waals surface area contributed by atoms with Crippen molar-refractivity contribution in [2.45, 2.75) is 13.0 Å². The number of amides is 1. The molecule has 3 rings (SSSR count). The van der Waals surface area contributed by atoms with Gasteiger partial charge in [0.1, 0.15) is 5.75 Å². The number of ether oxygens (including phenoxy) is 1. The summed E-state index contributed by atoms with van der Waals surface area (Å²) >= 11 is 1.40. The van der Waals surface area contributed by atoms with Crippen molar-refractivity contribution in [1.29, 1.82) is 0 Å². The van der Waals surface area contributed by atoms with Crippen LogP contribution in [0.2, 0.25) is 0 Å². The van der Waals surface area contributed by atoms with Gasteiger partial charge in [-0.3, -0.25) is 4.79 Å². The zero-order valence-corrected chi connectivity index (χ0v) is 14.4. The van der Waals surface area contributed by atoms with Gasteiger partial charge in [0.25, 0.3) is 0 Å². The molecule has 2 aromatic heterocycles. The highest BCUT2D eigenvalue weighted by Gasteiger charge is 2.09. The molecule has 0 radical (unpaired) electrons. The van der Waals surface area contributed by atoms with Gasteiger partial charge in [-0.15, -0.1) is 11.3 Å². The molecule has 0 fully saturated rings. The number of nitrogens with one attached hydrogen (secondary N) is 2. The summed E-state index contributed by atoms with van der Waals surface area (Å²) in [5.74, 6) is 1.13. The van der Waals surface area contributed by atoms with E-state index in [2.05, 4.69) is 25.6 Å². The Morgan fingerprint density at radius 2 is 2.00 bits per heavy atom. The monoisotopic (exact) mass is 355 g/mol. The van der Waals surface area contributed by atoms with E-state index in [1.165, 1.54) is 11.3 Å². The van der Waals surface area contributed by atoms with E-state index in [4.69, 9.17) is 4.74 Å². The second-order valence-electron chi connectivity index (χ2n) is 5.11. The molecular weight excluding hydrogens is 338 g/mol. The molecule has 8 heteroatoms. The van der Waals surface area contributed by atoms with Gasteiger partial charge in [0.05, 0.1) is 19.2 Å². The van der Waals surface area contributed by atoms with Crippen molar-refractivity contribution < 1.29 is 9.53 Å². The van der Waals surface area contributed by atoms with E-state index in [0.717, 1.165) is 11.3 Å². The second-order valence-corrected chi connectivity index (χ2v) is 5.96. The van der Waals surface area contributed by atoms with Crippen LogP contribution in [0.3, 0.4) is 0 Å². The van der Waals surface area contributed by atoms with Crippen LogP contribution in [0.25, 0.3) is 0 Å². The van der Waals surface area contributed by atoms with Crippen molar-refractivity contribution in [2.75, 3.05) is 12.4 Å². The number of para-hydroxylation sites is 1. The number of anilines is 2. The third-order valence-corrected chi connectivity index (χ3v) is 4.15. The number of hydrogen-bond acceptors (Lipinski definition) is 7. The van der Waals surface area contributed by atoms with Crippen LogP contribution in [0.4, 0.5) is 11.1 Å². The predicted molar refractivity (Wildman–Crippen MR) is 96.0 cm³/mol. The van der Waals surface area contributed by atoms with Crippen LogP contribution in [0.1, 0.15) is 11.3 Å². The minimum Gasteiger partial charge on any atom is -0.496 e. The van der Waals surface area contributed by atoms with Crippen molar-refractivity contribution in [3.05, 3.63) is 59.4 Å². The van der Waals surface area contributed by atoms with Crippen molar-refractivity contribution in [1.82, 2.24) is 20.3 Å². The van der Waals surface area contributed by atoms with Crippen LogP contribution in [0.15, 0.2) is 48.1 Å². The molecule has 0 atom stereocenters. The van der Waals surface area contributed by atoms with Gasteiger partial charge < -0.3 is 15.4 Å². The molecule has 25 heavy (non-hydrogen) atoms. The summed E-state index contributed by atoms with van der Waals surface area (Å²) in [6, 6.07) is 9.33. The number of methoxy groups -OCH3 is 1. The molecule has 0 aliphatic rings. The normalized spacial score (nSPS) is 10.3. The third-order valence-electron chi connectivity index (χ3n) is 3.35. The molecule has 2 heterocycles. The molecule has 128 valence electrons. The van der Waals surface area contributed by atoms with Crippen LogP contribution in [0, 0.1) is 0 Å². The maximum absolute atomic E-state index is 12.1. The van der Waals surface area contributed by atoms with E-state index >= 15 is 0 Å². The topological polar surface area (TPSA) is 89.0 Å². The van der Waals surface area contributed by atoms with Gasteiger partial charge in [-0.25, -0.2) is 15.0 Å². The highest BCUT2D eigenvalue weighted by Crippen LogP contribution is 2.19. The van der Waals surface area contributed by atoms with Crippen molar-refractivity contribution in [3.8, 4) is 5.75 Å².